The summed E-state index contributed by atoms with van der Waals surface area (Å²) in [4.78, 5) is 30.6. The minimum Gasteiger partial charge on any atom is -0.469 e. The molecule has 0 aliphatic rings. The average Bonchev–Trinajstić information content (AvgIpc) is 3.08. The molecule has 2 aromatic carbocycles. The summed E-state index contributed by atoms with van der Waals surface area (Å²) >= 11 is 1.68. The second-order valence-electron chi connectivity index (χ2n) is 6.96. The van der Waals surface area contributed by atoms with E-state index >= 15 is 0 Å². The fourth-order valence-electron chi connectivity index (χ4n) is 3.06. The molecule has 3 aromatic rings. The summed E-state index contributed by atoms with van der Waals surface area (Å²) in [5, 5.41) is 2.95. The monoisotopic (exact) mass is 441 g/mol. The van der Waals surface area contributed by atoms with Gasteiger partial charge in [0.05, 0.1) is 30.5 Å². The van der Waals surface area contributed by atoms with Crippen LogP contribution in [0.15, 0.2) is 63.2 Å². The Morgan fingerprint density at radius 3 is 2.48 bits per heavy atom. The number of thioether (sulfide) groups is 1. The maximum Gasteiger partial charge on any atom is 0.311 e. The summed E-state index contributed by atoms with van der Waals surface area (Å²) < 4.78 is 19.3. The van der Waals surface area contributed by atoms with Crippen molar-refractivity contribution in [2.24, 2.45) is 4.99 Å². The van der Waals surface area contributed by atoms with E-state index in [0.717, 1.165) is 10.6 Å². The van der Waals surface area contributed by atoms with E-state index in [-0.39, 0.29) is 12.0 Å². The number of aromatic amines is 1. The number of hydrogen-bond donors (Lipinski definition) is 1. The third-order valence-corrected chi connectivity index (χ3v) is 5.68. The number of hydrogen-bond acceptors (Lipinski definition) is 5. The molecule has 1 N–H and O–H groups in total. The molecule has 0 bridgehead atoms. The lowest BCUT2D eigenvalue weighted by Crippen LogP contribution is -2.20. The summed E-state index contributed by atoms with van der Waals surface area (Å²) in [5.74, 6) is -0.123. The van der Waals surface area contributed by atoms with Crippen LogP contribution < -0.4 is 5.56 Å². The fourth-order valence-corrected chi connectivity index (χ4v) is 3.81. The highest BCUT2D eigenvalue weighted by Gasteiger charge is 2.20. The molecular weight excluding hydrogens is 417 g/mol. The number of nitrogens with zero attached hydrogens (tertiary/aromatic N) is 2. The zero-order chi connectivity index (χ0) is 22.4. The van der Waals surface area contributed by atoms with Crippen LogP contribution in [0.4, 0.5) is 4.39 Å². The van der Waals surface area contributed by atoms with Crippen LogP contribution in [0.1, 0.15) is 23.7 Å². The van der Waals surface area contributed by atoms with Crippen molar-refractivity contribution in [2.75, 3.05) is 19.4 Å². The number of esters is 1. The van der Waals surface area contributed by atoms with Crippen molar-refractivity contribution in [1.29, 1.82) is 0 Å². The lowest BCUT2D eigenvalue weighted by Gasteiger charge is -2.03. The molecule has 1 heterocycles. The van der Waals surface area contributed by atoms with E-state index in [0.29, 0.717) is 29.2 Å². The van der Waals surface area contributed by atoms with Gasteiger partial charge in [-0.2, -0.15) is 0 Å². The van der Waals surface area contributed by atoms with Gasteiger partial charge in [-0.15, -0.1) is 11.8 Å². The second-order valence-corrected chi connectivity index (χ2v) is 8.13. The maximum absolute atomic E-state index is 13.3. The molecule has 0 atom stereocenters. The molecule has 0 fully saturated rings. The van der Waals surface area contributed by atoms with E-state index in [9.17, 15) is 14.0 Å². The molecule has 0 aliphatic heterocycles. The first-order chi connectivity index (χ1) is 14.9. The van der Waals surface area contributed by atoms with E-state index in [4.69, 9.17) is 4.74 Å². The van der Waals surface area contributed by atoms with E-state index in [2.05, 4.69) is 34.4 Å². The molecular formula is C23H24FN3O3S. The number of aliphatic imine (C=N–C) groups is 1. The van der Waals surface area contributed by atoms with Gasteiger partial charge in [-0.05, 0) is 50.2 Å². The van der Waals surface area contributed by atoms with Crippen LogP contribution in [0, 0.1) is 12.7 Å². The largest absolute Gasteiger partial charge is 0.469 e. The molecule has 0 aliphatic carbocycles. The highest BCUT2D eigenvalue weighted by atomic mass is 32.2. The van der Waals surface area contributed by atoms with Crippen LogP contribution in [0.2, 0.25) is 0 Å². The third-order valence-electron chi connectivity index (χ3n) is 4.69. The lowest BCUT2D eigenvalue weighted by atomic mass is 10.1. The van der Waals surface area contributed by atoms with Gasteiger partial charge >= 0.3 is 5.97 Å². The zero-order valence-electron chi connectivity index (χ0n) is 17.6. The van der Waals surface area contributed by atoms with Crippen LogP contribution in [-0.2, 0) is 16.0 Å². The molecule has 1 aromatic heterocycles. The van der Waals surface area contributed by atoms with Gasteiger partial charge in [0.15, 0.2) is 0 Å². The number of benzene rings is 2. The number of rotatable bonds is 8. The summed E-state index contributed by atoms with van der Waals surface area (Å²) in [5.41, 5.74) is 2.60. The predicted molar refractivity (Wildman–Crippen MR) is 121 cm³/mol. The smallest absolute Gasteiger partial charge is 0.311 e. The number of halogens is 1. The van der Waals surface area contributed by atoms with Crippen molar-refractivity contribution in [1.82, 2.24) is 9.78 Å². The highest BCUT2D eigenvalue weighted by Crippen LogP contribution is 2.18. The Hall–Kier alpha value is -3.13. The van der Waals surface area contributed by atoms with Crippen LogP contribution in [0.3, 0.4) is 0 Å². The number of aryl methyl sites for hydroxylation is 1. The van der Waals surface area contributed by atoms with Gasteiger partial charge in [-0.25, -0.2) is 9.07 Å². The molecule has 31 heavy (non-hydrogen) atoms. The first-order valence-electron chi connectivity index (χ1n) is 9.76. The number of nitrogens with one attached hydrogen (secondary N) is 1. The number of carbonyl (C=O) groups excluding carboxylic acids is 1. The Bertz CT molecular complexity index is 1130. The minimum absolute atomic E-state index is 0.0970. The Morgan fingerprint density at radius 1 is 1.16 bits per heavy atom. The molecule has 0 amide bonds. The Labute approximate surface area is 184 Å². The second kappa shape index (κ2) is 10.3. The molecule has 6 nitrogen and oxygen atoms in total. The summed E-state index contributed by atoms with van der Waals surface area (Å²) in [7, 11) is 1.29. The van der Waals surface area contributed by atoms with Gasteiger partial charge in [0.2, 0.25) is 0 Å². The number of aromatic nitrogens is 2. The standard InChI is InChI=1S/C23H24FN3O3S/c1-15-4-10-19(11-5-15)31-13-12-25-16(2)22-20(14-21(28)30-3)26-27(23(22)29)18-8-6-17(24)7-9-18/h4-11,26H,12-14H2,1-3H3. The first-order valence-corrected chi connectivity index (χ1v) is 10.7. The van der Waals surface area contributed by atoms with E-state index in [1.54, 1.807) is 18.7 Å². The minimum atomic E-state index is -0.475. The van der Waals surface area contributed by atoms with Gasteiger partial charge in [0, 0.05) is 22.9 Å². The van der Waals surface area contributed by atoms with Crippen molar-refractivity contribution in [3.05, 3.63) is 81.5 Å². The van der Waals surface area contributed by atoms with Gasteiger partial charge in [0.1, 0.15) is 5.82 Å². The van der Waals surface area contributed by atoms with Crippen LogP contribution >= 0.6 is 11.8 Å². The quantitative estimate of drug-likeness (QED) is 0.249. The van der Waals surface area contributed by atoms with Crippen molar-refractivity contribution in [2.45, 2.75) is 25.2 Å². The Kier molecular flexibility index (Phi) is 7.46. The van der Waals surface area contributed by atoms with Gasteiger partial charge in [-0.3, -0.25) is 19.7 Å². The predicted octanol–water partition coefficient (Wildman–Crippen LogP) is 3.93. The first kappa shape index (κ1) is 22.6. The van der Waals surface area contributed by atoms with E-state index in [1.165, 1.54) is 41.6 Å². The summed E-state index contributed by atoms with van der Waals surface area (Å²) in [6, 6.07) is 13.8. The van der Waals surface area contributed by atoms with Crippen molar-refractivity contribution in [3.8, 4) is 5.69 Å². The zero-order valence-corrected chi connectivity index (χ0v) is 18.5. The molecule has 0 radical (unpaired) electrons. The summed E-state index contributed by atoms with van der Waals surface area (Å²) in [6.45, 7) is 4.31. The molecule has 0 saturated heterocycles. The molecule has 0 spiro atoms. The average molecular weight is 442 g/mol. The molecule has 3 rings (SSSR count). The van der Waals surface area contributed by atoms with E-state index < -0.39 is 11.8 Å². The highest BCUT2D eigenvalue weighted by molar-refractivity contribution is 7.99. The summed E-state index contributed by atoms with van der Waals surface area (Å²) in [6.07, 6.45) is -0.0970. The number of carbonyl (C=O) groups is 1. The Balaban J connectivity index is 1.83. The number of ether oxygens (including phenoxy) is 1. The van der Waals surface area contributed by atoms with Crippen LogP contribution in [0.25, 0.3) is 5.69 Å². The molecule has 0 unspecified atom stereocenters. The topological polar surface area (TPSA) is 76.5 Å². The maximum atomic E-state index is 13.3. The van der Waals surface area contributed by atoms with Gasteiger partial charge in [0.25, 0.3) is 5.56 Å². The van der Waals surface area contributed by atoms with Crippen LogP contribution in [-0.4, -0.2) is 40.9 Å². The van der Waals surface area contributed by atoms with Crippen LogP contribution in [0.5, 0.6) is 0 Å². The van der Waals surface area contributed by atoms with E-state index in [1.807, 2.05) is 6.92 Å². The van der Waals surface area contributed by atoms with Gasteiger partial charge < -0.3 is 4.74 Å². The molecule has 0 saturated carbocycles. The number of methoxy groups -OCH3 is 1. The number of H-pyrrole nitrogens is 1. The fraction of sp³-hybridized carbons (Fsp3) is 0.261. The normalized spacial score (nSPS) is 11.5. The SMILES string of the molecule is COC(=O)Cc1[nH]n(-c2ccc(F)cc2)c(=O)c1C(C)=NCCSc1ccc(C)cc1. The molecule has 162 valence electrons. The molecule has 8 heteroatoms. The Morgan fingerprint density at radius 2 is 1.84 bits per heavy atom. The van der Waals surface area contributed by atoms with Crippen molar-refractivity contribution in [3.63, 3.8) is 0 Å². The van der Waals surface area contributed by atoms with Crippen molar-refractivity contribution >= 4 is 23.4 Å². The lowest BCUT2D eigenvalue weighted by molar-refractivity contribution is -0.139. The van der Waals surface area contributed by atoms with Crippen molar-refractivity contribution < 1.29 is 13.9 Å². The third kappa shape index (κ3) is 5.73. The van der Waals surface area contributed by atoms with Gasteiger partial charge in [-0.1, -0.05) is 17.7 Å².